The summed E-state index contributed by atoms with van der Waals surface area (Å²) in [6.07, 6.45) is 0. The third-order valence-corrected chi connectivity index (χ3v) is 3.15. The van der Waals surface area contributed by atoms with E-state index in [2.05, 4.69) is 20.5 Å². The average molecular weight is 298 g/mol. The summed E-state index contributed by atoms with van der Waals surface area (Å²) in [6.45, 7) is 3.98. The van der Waals surface area contributed by atoms with E-state index in [9.17, 15) is 0 Å². The molecule has 1 aromatic carbocycles. The number of nitrogen functional groups attached to an aromatic ring is 1. The molecule has 0 saturated heterocycles. The van der Waals surface area contributed by atoms with Gasteiger partial charge in [-0.2, -0.15) is 4.98 Å². The van der Waals surface area contributed by atoms with E-state index in [0.717, 1.165) is 0 Å². The number of aromatic nitrogens is 3. The van der Waals surface area contributed by atoms with Crippen LogP contribution in [0.5, 0.6) is 0 Å². The first-order chi connectivity index (χ1) is 8.99. The lowest BCUT2D eigenvalue weighted by atomic mass is 10.1. The van der Waals surface area contributed by atoms with Gasteiger partial charge in [-0.1, -0.05) is 35.3 Å². The standard InChI is InChI=1S/C12H13Cl2N5/c1-6(2)16-11-10(18-19-12(15)17-11)7-4-3-5-8(13)9(7)14/h3-6H,1-2H3,(H3,15,16,17,19). The number of nitrogens with two attached hydrogens (primary N) is 1. The Morgan fingerprint density at radius 1 is 1.21 bits per heavy atom. The first-order valence-corrected chi connectivity index (χ1v) is 6.45. The predicted octanol–water partition coefficient (Wildman–Crippen LogP) is 3.25. The van der Waals surface area contributed by atoms with Crippen LogP contribution in [-0.4, -0.2) is 21.2 Å². The van der Waals surface area contributed by atoms with E-state index in [1.807, 2.05) is 19.9 Å². The SMILES string of the molecule is CC(C)Nc1nc(N)nnc1-c1cccc(Cl)c1Cl. The molecule has 19 heavy (non-hydrogen) atoms. The monoisotopic (exact) mass is 297 g/mol. The van der Waals surface area contributed by atoms with Gasteiger partial charge in [0.25, 0.3) is 0 Å². The van der Waals surface area contributed by atoms with Gasteiger partial charge in [-0.3, -0.25) is 0 Å². The van der Waals surface area contributed by atoms with Gasteiger partial charge in [0.15, 0.2) is 5.82 Å². The van der Waals surface area contributed by atoms with E-state index in [4.69, 9.17) is 28.9 Å². The minimum absolute atomic E-state index is 0.102. The maximum atomic E-state index is 6.19. The first-order valence-electron chi connectivity index (χ1n) is 5.70. The summed E-state index contributed by atoms with van der Waals surface area (Å²) in [5, 5.41) is 11.9. The Bertz CT molecular complexity index is 601. The van der Waals surface area contributed by atoms with Crippen LogP contribution in [0.2, 0.25) is 10.0 Å². The van der Waals surface area contributed by atoms with Crippen molar-refractivity contribution >= 4 is 35.0 Å². The molecule has 0 aliphatic carbocycles. The van der Waals surface area contributed by atoms with E-state index < -0.39 is 0 Å². The number of rotatable bonds is 3. The molecule has 0 saturated carbocycles. The highest BCUT2D eigenvalue weighted by Gasteiger charge is 2.15. The van der Waals surface area contributed by atoms with Gasteiger partial charge in [0, 0.05) is 11.6 Å². The van der Waals surface area contributed by atoms with E-state index >= 15 is 0 Å². The Hall–Kier alpha value is -1.59. The molecule has 0 aliphatic heterocycles. The van der Waals surface area contributed by atoms with Crippen LogP contribution >= 0.6 is 23.2 Å². The van der Waals surface area contributed by atoms with Gasteiger partial charge in [-0.25, -0.2) is 0 Å². The molecule has 2 aromatic rings. The molecule has 1 aromatic heterocycles. The molecule has 0 amide bonds. The second-order valence-corrected chi connectivity index (χ2v) is 5.05. The molecule has 3 N–H and O–H groups in total. The van der Waals surface area contributed by atoms with Gasteiger partial charge in [-0.05, 0) is 19.9 Å². The first kappa shape index (κ1) is 13.8. The summed E-state index contributed by atoms with van der Waals surface area (Å²) in [5.41, 5.74) is 6.75. The summed E-state index contributed by atoms with van der Waals surface area (Å²) in [6, 6.07) is 5.48. The molecule has 1 heterocycles. The van der Waals surface area contributed by atoms with Crippen LogP contribution in [0.4, 0.5) is 11.8 Å². The molecular weight excluding hydrogens is 285 g/mol. The second kappa shape index (κ2) is 5.59. The second-order valence-electron chi connectivity index (χ2n) is 4.27. The maximum absolute atomic E-state index is 6.19. The number of halogens is 2. The van der Waals surface area contributed by atoms with Crippen molar-refractivity contribution in [1.29, 1.82) is 0 Å². The Labute approximate surface area is 121 Å². The lowest BCUT2D eigenvalue weighted by Crippen LogP contribution is -2.14. The largest absolute Gasteiger partial charge is 0.366 e. The van der Waals surface area contributed by atoms with E-state index in [-0.39, 0.29) is 12.0 Å². The highest BCUT2D eigenvalue weighted by Crippen LogP contribution is 2.35. The van der Waals surface area contributed by atoms with Crippen molar-refractivity contribution in [2.24, 2.45) is 0 Å². The average Bonchev–Trinajstić information content (AvgIpc) is 2.33. The zero-order chi connectivity index (χ0) is 14.0. The lowest BCUT2D eigenvalue weighted by Gasteiger charge is -2.13. The Morgan fingerprint density at radius 2 is 1.95 bits per heavy atom. The van der Waals surface area contributed by atoms with Gasteiger partial charge < -0.3 is 11.1 Å². The molecule has 0 atom stereocenters. The summed E-state index contributed by atoms with van der Waals surface area (Å²) < 4.78 is 0. The Balaban J connectivity index is 2.58. The van der Waals surface area contributed by atoms with E-state index in [1.54, 1.807) is 12.1 Å². The number of nitrogens with zero attached hydrogens (tertiary/aromatic N) is 3. The fraction of sp³-hybridized carbons (Fsp3) is 0.250. The molecule has 2 rings (SSSR count). The normalized spacial score (nSPS) is 10.8. The van der Waals surface area contributed by atoms with Crippen LogP contribution in [-0.2, 0) is 0 Å². The van der Waals surface area contributed by atoms with Crippen molar-refractivity contribution in [3.63, 3.8) is 0 Å². The van der Waals surface area contributed by atoms with Crippen molar-refractivity contribution in [2.45, 2.75) is 19.9 Å². The summed E-state index contributed by atoms with van der Waals surface area (Å²) >= 11 is 12.2. The number of anilines is 2. The van der Waals surface area contributed by atoms with Crippen LogP contribution < -0.4 is 11.1 Å². The molecule has 0 radical (unpaired) electrons. The molecule has 5 nitrogen and oxygen atoms in total. The molecular formula is C12H13Cl2N5. The van der Waals surface area contributed by atoms with Crippen LogP contribution in [0.25, 0.3) is 11.3 Å². The number of nitrogens with one attached hydrogen (secondary N) is 1. The molecule has 0 bridgehead atoms. The molecule has 0 aliphatic rings. The van der Waals surface area contributed by atoms with Gasteiger partial charge >= 0.3 is 0 Å². The van der Waals surface area contributed by atoms with Gasteiger partial charge in [0.1, 0.15) is 5.69 Å². The minimum atomic E-state index is 0.102. The zero-order valence-corrected chi connectivity index (χ0v) is 12.0. The number of hydrogen-bond donors (Lipinski definition) is 2. The number of hydrogen-bond acceptors (Lipinski definition) is 5. The highest BCUT2D eigenvalue weighted by molar-refractivity contribution is 6.43. The van der Waals surface area contributed by atoms with Crippen LogP contribution in [0, 0.1) is 0 Å². The van der Waals surface area contributed by atoms with Crippen molar-refractivity contribution in [1.82, 2.24) is 15.2 Å². The highest BCUT2D eigenvalue weighted by atomic mass is 35.5. The topological polar surface area (TPSA) is 76.7 Å². The van der Waals surface area contributed by atoms with Gasteiger partial charge in [0.2, 0.25) is 5.95 Å². The van der Waals surface area contributed by atoms with Crippen LogP contribution in [0.15, 0.2) is 18.2 Å². The lowest BCUT2D eigenvalue weighted by molar-refractivity contribution is 0.877. The molecule has 0 unspecified atom stereocenters. The number of benzene rings is 1. The molecule has 100 valence electrons. The smallest absolute Gasteiger partial charge is 0.242 e. The van der Waals surface area contributed by atoms with Crippen molar-refractivity contribution in [3.05, 3.63) is 28.2 Å². The predicted molar refractivity (Wildman–Crippen MR) is 78.5 cm³/mol. The molecule has 0 fully saturated rings. The third kappa shape index (κ3) is 3.05. The molecule has 0 spiro atoms. The van der Waals surface area contributed by atoms with Crippen LogP contribution in [0.3, 0.4) is 0 Å². The van der Waals surface area contributed by atoms with Gasteiger partial charge in [0.05, 0.1) is 10.0 Å². The van der Waals surface area contributed by atoms with E-state index in [1.165, 1.54) is 0 Å². The summed E-state index contributed by atoms with van der Waals surface area (Å²) in [7, 11) is 0. The van der Waals surface area contributed by atoms with E-state index in [0.29, 0.717) is 27.1 Å². The minimum Gasteiger partial charge on any atom is -0.366 e. The van der Waals surface area contributed by atoms with Crippen molar-refractivity contribution < 1.29 is 0 Å². The van der Waals surface area contributed by atoms with Crippen LogP contribution in [0.1, 0.15) is 13.8 Å². The fourth-order valence-corrected chi connectivity index (χ4v) is 1.97. The fourth-order valence-electron chi connectivity index (χ4n) is 1.58. The van der Waals surface area contributed by atoms with Crippen molar-refractivity contribution in [2.75, 3.05) is 11.1 Å². The molecule has 7 heteroatoms. The maximum Gasteiger partial charge on any atom is 0.242 e. The van der Waals surface area contributed by atoms with Gasteiger partial charge in [-0.15, -0.1) is 10.2 Å². The van der Waals surface area contributed by atoms with Crippen molar-refractivity contribution in [3.8, 4) is 11.3 Å². The Morgan fingerprint density at radius 3 is 2.63 bits per heavy atom. The zero-order valence-electron chi connectivity index (χ0n) is 10.5. The quantitative estimate of drug-likeness (QED) is 0.909. The summed E-state index contributed by atoms with van der Waals surface area (Å²) in [4.78, 5) is 4.15. The Kier molecular flexibility index (Phi) is 4.07. The summed E-state index contributed by atoms with van der Waals surface area (Å²) in [5.74, 6) is 0.636. The third-order valence-electron chi connectivity index (χ3n) is 2.34.